The van der Waals surface area contributed by atoms with Gasteiger partial charge in [-0.1, -0.05) is 29.5 Å². The molecule has 0 atom stereocenters. The van der Waals surface area contributed by atoms with Crippen LogP contribution in [-0.2, 0) is 0 Å². The molecule has 2 aromatic carbocycles. The summed E-state index contributed by atoms with van der Waals surface area (Å²) in [4.78, 5) is 28.6. The number of rotatable bonds is 5. The Labute approximate surface area is 169 Å². The van der Waals surface area contributed by atoms with Crippen LogP contribution in [0.5, 0.6) is 0 Å². The van der Waals surface area contributed by atoms with E-state index in [1.807, 2.05) is 24.3 Å². The Morgan fingerprint density at radius 1 is 1.24 bits per heavy atom. The van der Waals surface area contributed by atoms with Gasteiger partial charge in [0.15, 0.2) is 0 Å². The summed E-state index contributed by atoms with van der Waals surface area (Å²) in [5.41, 5.74) is 5.57. The fourth-order valence-electron chi connectivity index (χ4n) is 3.04. The number of nitrogens with zero attached hydrogens (tertiary/aromatic N) is 3. The number of fused-ring (bicyclic) bond motifs is 1. The smallest absolute Gasteiger partial charge is 0.335 e. The molecule has 0 saturated heterocycles. The number of thiazole rings is 1. The van der Waals surface area contributed by atoms with Crippen molar-refractivity contribution in [2.24, 2.45) is 5.10 Å². The first kappa shape index (κ1) is 18.6. The Morgan fingerprint density at radius 2 is 2.03 bits per heavy atom. The average molecular weight is 407 g/mol. The van der Waals surface area contributed by atoms with E-state index in [9.17, 15) is 14.7 Å². The van der Waals surface area contributed by atoms with Crippen molar-refractivity contribution in [3.63, 3.8) is 0 Å². The van der Waals surface area contributed by atoms with E-state index in [-0.39, 0.29) is 11.1 Å². The predicted molar refractivity (Wildman–Crippen MR) is 114 cm³/mol. The topological polar surface area (TPSA) is 112 Å². The molecule has 0 unspecified atom stereocenters. The molecule has 9 heteroatoms. The lowest BCUT2D eigenvalue weighted by molar-refractivity contribution is 0.0697. The molecule has 4 aromatic rings. The summed E-state index contributed by atoms with van der Waals surface area (Å²) in [5, 5.41) is 17.1. The number of para-hydroxylation sites is 1. The van der Waals surface area contributed by atoms with E-state index in [1.165, 1.54) is 28.2 Å². The molecular weight excluding hydrogens is 390 g/mol. The number of aryl methyl sites for hydroxylation is 1. The highest BCUT2D eigenvalue weighted by Crippen LogP contribution is 2.25. The number of carbonyl (C=O) groups is 1. The highest BCUT2D eigenvalue weighted by Gasteiger charge is 2.16. The van der Waals surface area contributed by atoms with Gasteiger partial charge in [-0.15, -0.1) is 0 Å². The zero-order chi connectivity index (χ0) is 20.5. The molecule has 4 rings (SSSR count). The Kier molecular flexibility index (Phi) is 4.73. The summed E-state index contributed by atoms with van der Waals surface area (Å²) in [6.07, 6.45) is 0. The molecule has 2 aromatic heterocycles. The molecule has 8 nitrogen and oxygen atoms in total. The van der Waals surface area contributed by atoms with Crippen LogP contribution in [0.25, 0.3) is 15.9 Å². The number of hydrazone groups is 1. The number of H-pyrrole nitrogens is 1. The van der Waals surface area contributed by atoms with Gasteiger partial charge in [0.25, 0.3) is 5.56 Å². The van der Waals surface area contributed by atoms with Crippen LogP contribution in [0.3, 0.4) is 0 Å². The molecule has 0 spiro atoms. The molecule has 0 aliphatic rings. The second-order valence-electron chi connectivity index (χ2n) is 6.40. The van der Waals surface area contributed by atoms with Crippen LogP contribution in [0.2, 0.25) is 0 Å². The third kappa shape index (κ3) is 3.55. The minimum atomic E-state index is -1.05. The zero-order valence-corrected chi connectivity index (χ0v) is 16.4. The van der Waals surface area contributed by atoms with Crippen LogP contribution < -0.4 is 11.0 Å². The highest BCUT2D eigenvalue weighted by atomic mass is 32.1. The van der Waals surface area contributed by atoms with Gasteiger partial charge in [-0.25, -0.2) is 14.5 Å². The molecule has 146 valence electrons. The number of benzene rings is 2. The summed E-state index contributed by atoms with van der Waals surface area (Å²) in [5.74, 6) is -1.05. The van der Waals surface area contributed by atoms with Crippen LogP contribution in [0.15, 0.2) is 58.4 Å². The first-order valence-corrected chi connectivity index (χ1v) is 9.57. The van der Waals surface area contributed by atoms with Gasteiger partial charge in [0.1, 0.15) is 0 Å². The van der Waals surface area contributed by atoms with Gasteiger partial charge in [0.2, 0.25) is 5.13 Å². The van der Waals surface area contributed by atoms with E-state index < -0.39 is 5.97 Å². The van der Waals surface area contributed by atoms with Gasteiger partial charge in [-0.2, -0.15) is 5.10 Å². The number of aromatic amines is 1. The van der Waals surface area contributed by atoms with Crippen LogP contribution in [-0.4, -0.2) is 31.6 Å². The molecule has 0 aliphatic heterocycles. The predicted octanol–water partition coefficient (Wildman–Crippen LogP) is 3.62. The van der Waals surface area contributed by atoms with Gasteiger partial charge in [-0.05, 0) is 44.2 Å². The summed E-state index contributed by atoms with van der Waals surface area (Å²) >= 11 is 1.47. The molecule has 3 N–H and O–H groups in total. The minimum Gasteiger partial charge on any atom is -0.478 e. The molecule has 0 bridgehead atoms. The van der Waals surface area contributed by atoms with Gasteiger partial charge < -0.3 is 5.11 Å². The monoisotopic (exact) mass is 407 g/mol. The second kappa shape index (κ2) is 7.36. The molecule has 0 amide bonds. The van der Waals surface area contributed by atoms with Crippen LogP contribution in [0, 0.1) is 6.92 Å². The lowest BCUT2D eigenvalue weighted by Crippen LogP contribution is -2.20. The Hall–Kier alpha value is -3.72. The van der Waals surface area contributed by atoms with Gasteiger partial charge in [0, 0.05) is 5.69 Å². The fourth-order valence-corrected chi connectivity index (χ4v) is 3.85. The average Bonchev–Trinajstić information content (AvgIpc) is 3.26. The summed E-state index contributed by atoms with van der Waals surface area (Å²) in [7, 11) is 0. The molecule has 29 heavy (non-hydrogen) atoms. The van der Waals surface area contributed by atoms with Crippen molar-refractivity contribution in [2.75, 3.05) is 5.43 Å². The SMILES string of the molecule is CC(=NNc1nc2ccccc2s1)c1c(C)[nH]n(-c2cccc(C(=O)O)c2)c1=O. The Bertz CT molecular complexity index is 1280. The lowest BCUT2D eigenvalue weighted by Gasteiger charge is -2.02. The van der Waals surface area contributed by atoms with E-state index in [0.29, 0.717) is 27.8 Å². The number of carboxylic acid groups (broad SMARTS) is 1. The fraction of sp³-hybridized carbons (Fsp3) is 0.100. The maximum absolute atomic E-state index is 12.9. The van der Waals surface area contributed by atoms with Gasteiger partial charge >= 0.3 is 5.97 Å². The normalized spacial score (nSPS) is 11.7. The standard InChI is InChI=1S/C20H17N5O3S/c1-11(22-23-20-21-15-8-3-4-9-16(15)29-20)17-12(2)24-25(18(17)26)14-7-5-6-13(10-14)19(27)28/h3-10,24H,1-2H3,(H,21,23)(H,27,28). The highest BCUT2D eigenvalue weighted by molar-refractivity contribution is 7.22. The third-order valence-electron chi connectivity index (χ3n) is 4.40. The number of anilines is 1. The van der Waals surface area contributed by atoms with Crippen molar-refractivity contribution in [1.82, 2.24) is 14.8 Å². The first-order valence-electron chi connectivity index (χ1n) is 8.75. The lowest BCUT2D eigenvalue weighted by atomic mass is 10.2. The Morgan fingerprint density at radius 3 is 2.79 bits per heavy atom. The van der Waals surface area contributed by atoms with Crippen molar-refractivity contribution in [3.05, 3.63) is 75.7 Å². The zero-order valence-electron chi connectivity index (χ0n) is 15.6. The van der Waals surface area contributed by atoms with Crippen molar-refractivity contribution in [2.45, 2.75) is 13.8 Å². The number of carboxylic acids is 1. The maximum Gasteiger partial charge on any atom is 0.335 e. The van der Waals surface area contributed by atoms with Crippen molar-refractivity contribution < 1.29 is 9.90 Å². The largest absolute Gasteiger partial charge is 0.478 e. The number of nitrogens with one attached hydrogen (secondary N) is 2. The number of aromatic nitrogens is 3. The van der Waals surface area contributed by atoms with Crippen LogP contribution in [0.1, 0.15) is 28.5 Å². The van der Waals surface area contributed by atoms with E-state index in [4.69, 9.17) is 0 Å². The molecule has 0 fully saturated rings. The molecule has 0 saturated carbocycles. The van der Waals surface area contributed by atoms with E-state index in [0.717, 1.165) is 10.2 Å². The van der Waals surface area contributed by atoms with Crippen molar-refractivity contribution in [3.8, 4) is 5.69 Å². The van der Waals surface area contributed by atoms with Crippen molar-refractivity contribution in [1.29, 1.82) is 0 Å². The van der Waals surface area contributed by atoms with Crippen LogP contribution in [0.4, 0.5) is 5.13 Å². The van der Waals surface area contributed by atoms with E-state index in [1.54, 1.807) is 26.0 Å². The molecule has 2 heterocycles. The second-order valence-corrected chi connectivity index (χ2v) is 7.43. The quantitative estimate of drug-likeness (QED) is 0.345. The molecular formula is C20H17N5O3S. The minimum absolute atomic E-state index is 0.103. The van der Waals surface area contributed by atoms with Gasteiger partial charge in [0.05, 0.1) is 32.7 Å². The van der Waals surface area contributed by atoms with Gasteiger partial charge in [-0.3, -0.25) is 15.3 Å². The maximum atomic E-state index is 12.9. The summed E-state index contributed by atoms with van der Waals surface area (Å²) < 4.78 is 2.36. The van der Waals surface area contributed by atoms with E-state index >= 15 is 0 Å². The first-order chi connectivity index (χ1) is 13.9. The summed E-state index contributed by atoms with van der Waals surface area (Å²) in [6.45, 7) is 3.50. The third-order valence-corrected chi connectivity index (χ3v) is 5.34. The van der Waals surface area contributed by atoms with Crippen LogP contribution >= 0.6 is 11.3 Å². The van der Waals surface area contributed by atoms with E-state index in [2.05, 4.69) is 20.6 Å². The molecule has 0 radical (unpaired) electrons. The number of hydrogen-bond donors (Lipinski definition) is 3. The summed E-state index contributed by atoms with van der Waals surface area (Å²) in [6, 6.07) is 13.9. The number of aromatic carboxylic acids is 1. The number of hydrogen-bond acceptors (Lipinski definition) is 6. The molecule has 0 aliphatic carbocycles. The van der Waals surface area contributed by atoms with Crippen molar-refractivity contribution >= 4 is 38.4 Å². The Balaban J connectivity index is 1.66.